The van der Waals surface area contributed by atoms with Crippen LogP contribution in [0.25, 0.3) is 11.3 Å². The van der Waals surface area contributed by atoms with Gasteiger partial charge >= 0.3 is 0 Å². The highest BCUT2D eigenvalue weighted by Gasteiger charge is 2.12. The van der Waals surface area contributed by atoms with Crippen molar-refractivity contribution in [3.63, 3.8) is 0 Å². The van der Waals surface area contributed by atoms with E-state index in [1.54, 1.807) is 36.0 Å². The van der Waals surface area contributed by atoms with E-state index in [1.165, 1.54) is 6.08 Å². The highest BCUT2D eigenvalue weighted by molar-refractivity contribution is 6.05. The molecule has 0 saturated heterocycles. The van der Waals surface area contributed by atoms with Gasteiger partial charge in [0.15, 0.2) is 0 Å². The predicted octanol–water partition coefficient (Wildman–Crippen LogP) is 4.33. The maximum absolute atomic E-state index is 12.5. The molecule has 6 heteroatoms. The van der Waals surface area contributed by atoms with Gasteiger partial charge in [-0.2, -0.15) is 5.10 Å². The van der Waals surface area contributed by atoms with Crippen molar-refractivity contribution in [3.05, 3.63) is 90.5 Å². The van der Waals surface area contributed by atoms with Gasteiger partial charge in [0.1, 0.15) is 5.82 Å². The van der Waals surface area contributed by atoms with E-state index in [-0.39, 0.29) is 11.8 Å². The highest BCUT2D eigenvalue weighted by Crippen LogP contribution is 2.23. The molecule has 0 unspecified atom stereocenters. The Labute approximate surface area is 169 Å². The second-order valence-corrected chi connectivity index (χ2v) is 6.62. The van der Waals surface area contributed by atoms with Crippen molar-refractivity contribution in [2.45, 2.75) is 6.92 Å². The number of carbonyl (C=O) groups is 2. The van der Waals surface area contributed by atoms with E-state index in [1.807, 2.05) is 37.3 Å². The molecule has 6 nitrogen and oxygen atoms in total. The summed E-state index contributed by atoms with van der Waals surface area (Å²) >= 11 is 0. The molecule has 0 aliphatic carbocycles. The third-order valence-electron chi connectivity index (χ3n) is 4.38. The molecule has 146 valence electrons. The number of aromatic nitrogens is 2. The monoisotopic (exact) mass is 386 g/mol. The van der Waals surface area contributed by atoms with Crippen molar-refractivity contribution >= 4 is 23.3 Å². The minimum atomic E-state index is -0.299. The topological polar surface area (TPSA) is 76.0 Å². The molecular weight excluding hydrogens is 364 g/mol. The molecule has 1 aromatic heterocycles. The molecule has 2 amide bonds. The summed E-state index contributed by atoms with van der Waals surface area (Å²) in [4.78, 5) is 24.3. The van der Waals surface area contributed by atoms with Crippen molar-refractivity contribution in [1.82, 2.24) is 9.78 Å². The van der Waals surface area contributed by atoms with Crippen LogP contribution in [0.1, 0.15) is 15.9 Å². The van der Waals surface area contributed by atoms with E-state index in [2.05, 4.69) is 28.9 Å². The van der Waals surface area contributed by atoms with Crippen LogP contribution in [0, 0.1) is 6.92 Å². The SMILES string of the molecule is C=CC(=C)C(=O)Nc1ccc(-c2cc(NC(=O)c3cccc(C)c3)n(C)n2)cc1. The van der Waals surface area contributed by atoms with E-state index in [0.717, 1.165) is 11.1 Å². The molecule has 0 spiro atoms. The number of hydrogen-bond donors (Lipinski definition) is 2. The molecule has 2 aromatic carbocycles. The lowest BCUT2D eigenvalue weighted by Crippen LogP contribution is -2.14. The lowest BCUT2D eigenvalue weighted by Gasteiger charge is -2.05. The number of anilines is 2. The maximum Gasteiger partial charge on any atom is 0.256 e. The van der Waals surface area contributed by atoms with E-state index in [9.17, 15) is 9.59 Å². The van der Waals surface area contributed by atoms with E-state index in [4.69, 9.17) is 0 Å². The first-order chi connectivity index (χ1) is 13.9. The van der Waals surface area contributed by atoms with Crippen molar-refractivity contribution in [2.24, 2.45) is 7.05 Å². The Bertz CT molecular complexity index is 1090. The molecule has 0 bridgehead atoms. The van der Waals surface area contributed by atoms with Gasteiger partial charge in [-0.25, -0.2) is 0 Å². The van der Waals surface area contributed by atoms with Crippen LogP contribution >= 0.6 is 0 Å². The summed E-state index contributed by atoms with van der Waals surface area (Å²) in [5.74, 6) is 0.0988. The molecule has 3 rings (SSSR count). The standard InChI is InChI=1S/C23H22N4O2/c1-5-16(3)22(28)24-19-11-9-17(10-12-19)20-14-21(27(4)26-20)25-23(29)18-8-6-7-15(2)13-18/h5-14H,1,3H2,2,4H3,(H,24,28)(H,25,29). The first-order valence-electron chi connectivity index (χ1n) is 9.02. The third-order valence-corrected chi connectivity index (χ3v) is 4.38. The summed E-state index contributed by atoms with van der Waals surface area (Å²) in [6, 6.07) is 16.5. The molecular formula is C23H22N4O2. The number of hydrogen-bond acceptors (Lipinski definition) is 3. The lowest BCUT2D eigenvalue weighted by molar-refractivity contribution is -0.112. The molecule has 1 heterocycles. The second-order valence-electron chi connectivity index (χ2n) is 6.62. The number of nitrogens with zero attached hydrogens (tertiary/aromatic N) is 2. The Morgan fingerprint density at radius 1 is 1.07 bits per heavy atom. The number of carbonyl (C=O) groups excluding carboxylic acids is 2. The van der Waals surface area contributed by atoms with Crippen molar-refractivity contribution in [1.29, 1.82) is 0 Å². The van der Waals surface area contributed by atoms with Crippen LogP contribution in [-0.2, 0) is 11.8 Å². The van der Waals surface area contributed by atoms with Crippen molar-refractivity contribution < 1.29 is 9.59 Å². The van der Waals surface area contributed by atoms with E-state index >= 15 is 0 Å². The van der Waals surface area contributed by atoms with Gasteiger partial charge in [-0.05, 0) is 31.2 Å². The summed E-state index contributed by atoms with van der Waals surface area (Å²) < 4.78 is 1.62. The van der Waals surface area contributed by atoms with Gasteiger partial charge < -0.3 is 10.6 Å². The molecule has 0 aliphatic rings. The highest BCUT2D eigenvalue weighted by atomic mass is 16.2. The van der Waals surface area contributed by atoms with Crippen LogP contribution in [0.3, 0.4) is 0 Å². The number of amides is 2. The van der Waals surface area contributed by atoms with Gasteiger partial charge in [0, 0.05) is 35.5 Å². The first kappa shape index (κ1) is 19.8. The van der Waals surface area contributed by atoms with Crippen molar-refractivity contribution in [3.8, 4) is 11.3 Å². The fraction of sp³-hybridized carbons (Fsp3) is 0.0870. The predicted molar refractivity (Wildman–Crippen MR) is 116 cm³/mol. The summed E-state index contributed by atoms with van der Waals surface area (Å²) in [6.45, 7) is 9.09. The number of benzene rings is 2. The average Bonchev–Trinajstić information content (AvgIpc) is 3.08. The molecule has 0 aliphatic heterocycles. The van der Waals surface area contributed by atoms with E-state index in [0.29, 0.717) is 28.3 Å². The molecule has 0 fully saturated rings. The van der Waals surface area contributed by atoms with E-state index < -0.39 is 0 Å². The number of aryl methyl sites for hydroxylation is 2. The minimum Gasteiger partial charge on any atom is -0.322 e. The largest absolute Gasteiger partial charge is 0.322 e. The number of rotatable bonds is 6. The Hall–Kier alpha value is -3.93. The van der Waals surface area contributed by atoms with Crippen LogP contribution in [0.15, 0.2) is 79.4 Å². The Balaban J connectivity index is 1.74. The normalized spacial score (nSPS) is 10.3. The number of nitrogens with one attached hydrogen (secondary N) is 2. The van der Waals surface area contributed by atoms with Gasteiger partial charge in [-0.15, -0.1) is 0 Å². The van der Waals surface area contributed by atoms with Crippen LogP contribution in [0.4, 0.5) is 11.5 Å². The third kappa shape index (κ3) is 4.68. The molecule has 0 radical (unpaired) electrons. The first-order valence-corrected chi connectivity index (χ1v) is 9.02. The Kier molecular flexibility index (Phi) is 5.74. The summed E-state index contributed by atoms with van der Waals surface area (Å²) in [6.07, 6.45) is 1.41. The van der Waals surface area contributed by atoms with Crippen LogP contribution < -0.4 is 10.6 Å². The van der Waals surface area contributed by atoms with Gasteiger partial charge in [0.25, 0.3) is 11.8 Å². The van der Waals surface area contributed by atoms with Gasteiger partial charge in [0.05, 0.1) is 5.69 Å². The summed E-state index contributed by atoms with van der Waals surface area (Å²) in [7, 11) is 1.77. The second kappa shape index (κ2) is 8.39. The maximum atomic E-state index is 12.5. The van der Waals surface area contributed by atoms with Crippen LogP contribution in [0.2, 0.25) is 0 Å². The zero-order valence-corrected chi connectivity index (χ0v) is 16.4. The fourth-order valence-corrected chi connectivity index (χ4v) is 2.73. The molecule has 0 atom stereocenters. The molecule has 0 saturated carbocycles. The van der Waals surface area contributed by atoms with Gasteiger partial charge in [0.2, 0.25) is 0 Å². The zero-order chi connectivity index (χ0) is 21.0. The zero-order valence-electron chi connectivity index (χ0n) is 16.4. The molecule has 29 heavy (non-hydrogen) atoms. The van der Waals surface area contributed by atoms with Gasteiger partial charge in [-0.1, -0.05) is 49.1 Å². The quantitative estimate of drug-likeness (QED) is 0.489. The van der Waals surface area contributed by atoms with Gasteiger partial charge in [-0.3, -0.25) is 14.3 Å². The average molecular weight is 386 g/mol. The summed E-state index contributed by atoms with van der Waals surface area (Å²) in [5.41, 5.74) is 4.12. The molecule has 3 aromatic rings. The Morgan fingerprint density at radius 3 is 2.45 bits per heavy atom. The van der Waals surface area contributed by atoms with Crippen LogP contribution in [-0.4, -0.2) is 21.6 Å². The Morgan fingerprint density at radius 2 is 1.79 bits per heavy atom. The fourth-order valence-electron chi connectivity index (χ4n) is 2.73. The van der Waals surface area contributed by atoms with Crippen LogP contribution in [0.5, 0.6) is 0 Å². The minimum absolute atomic E-state index is 0.191. The lowest BCUT2D eigenvalue weighted by atomic mass is 10.1. The molecule has 2 N–H and O–H groups in total. The smallest absolute Gasteiger partial charge is 0.256 e. The summed E-state index contributed by atoms with van der Waals surface area (Å²) in [5, 5.41) is 10.1. The van der Waals surface area contributed by atoms with Crippen molar-refractivity contribution in [2.75, 3.05) is 10.6 Å².